The standard InChI is InChI=1S/C12H26N2O/c1-14(2)10-9-13-12(11-15)7-5-3-4-6-8-12/h13,15H,3-11H2,1-2H3. The average molecular weight is 214 g/mol. The van der Waals surface area contributed by atoms with E-state index in [9.17, 15) is 5.11 Å². The Morgan fingerprint density at radius 2 is 1.73 bits per heavy atom. The Morgan fingerprint density at radius 1 is 1.13 bits per heavy atom. The summed E-state index contributed by atoms with van der Waals surface area (Å²) < 4.78 is 0. The molecule has 15 heavy (non-hydrogen) atoms. The number of hydrogen-bond acceptors (Lipinski definition) is 3. The highest BCUT2D eigenvalue weighted by molar-refractivity contribution is 4.89. The fourth-order valence-corrected chi connectivity index (χ4v) is 2.34. The molecule has 0 atom stereocenters. The maximum Gasteiger partial charge on any atom is 0.0613 e. The molecule has 90 valence electrons. The fraction of sp³-hybridized carbons (Fsp3) is 1.00. The van der Waals surface area contributed by atoms with Crippen molar-refractivity contribution in [1.82, 2.24) is 10.2 Å². The van der Waals surface area contributed by atoms with Crippen LogP contribution in [0.5, 0.6) is 0 Å². The first-order chi connectivity index (χ1) is 7.18. The third-order valence-electron chi connectivity index (χ3n) is 3.42. The van der Waals surface area contributed by atoms with Gasteiger partial charge in [-0.25, -0.2) is 0 Å². The van der Waals surface area contributed by atoms with Gasteiger partial charge < -0.3 is 15.3 Å². The van der Waals surface area contributed by atoms with Crippen LogP contribution in [-0.4, -0.2) is 49.3 Å². The van der Waals surface area contributed by atoms with E-state index in [1.54, 1.807) is 0 Å². The zero-order valence-electron chi connectivity index (χ0n) is 10.3. The van der Waals surface area contributed by atoms with Crippen molar-refractivity contribution < 1.29 is 5.11 Å². The minimum Gasteiger partial charge on any atom is -0.394 e. The fourth-order valence-electron chi connectivity index (χ4n) is 2.34. The second kappa shape index (κ2) is 6.46. The summed E-state index contributed by atoms with van der Waals surface area (Å²) in [5, 5.41) is 13.1. The molecule has 0 aromatic heterocycles. The Bertz CT molecular complexity index is 163. The molecule has 0 heterocycles. The van der Waals surface area contributed by atoms with Gasteiger partial charge in [0.15, 0.2) is 0 Å². The molecule has 0 bridgehead atoms. The molecule has 1 aliphatic carbocycles. The molecule has 1 saturated carbocycles. The molecular formula is C12H26N2O. The lowest BCUT2D eigenvalue weighted by Gasteiger charge is -2.32. The normalized spacial score (nSPS) is 21.6. The summed E-state index contributed by atoms with van der Waals surface area (Å²) in [6.07, 6.45) is 7.45. The van der Waals surface area contributed by atoms with Crippen LogP contribution in [-0.2, 0) is 0 Å². The van der Waals surface area contributed by atoms with E-state index in [0.717, 1.165) is 25.9 Å². The second-order valence-corrected chi connectivity index (χ2v) is 5.08. The average Bonchev–Trinajstić information content (AvgIpc) is 2.44. The molecule has 1 rings (SSSR count). The van der Waals surface area contributed by atoms with Gasteiger partial charge in [0.25, 0.3) is 0 Å². The summed E-state index contributed by atoms with van der Waals surface area (Å²) in [5.74, 6) is 0. The largest absolute Gasteiger partial charge is 0.394 e. The second-order valence-electron chi connectivity index (χ2n) is 5.08. The summed E-state index contributed by atoms with van der Waals surface area (Å²) >= 11 is 0. The van der Waals surface area contributed by atoms with Crippen molar-refractivity contribution in [3.8, 4) is 0 Å². The van der Waals surface area contributed by atoms with Crippen molar-refractivity contribution in [2.45, 2.75) is 44.1 Å². The smallest absolute Gasteiger partial charge is 0.0613 e. The molecule has 1 fully saturated rings. The third kappa shape index (κ3) is 4.49. The van der Waals surface area contributed by atoms with Crippen LogP contribution in [0.4, 0.5) is 0 Å². The van der Waals surface area contributed by atoms with Gasteiger partial charge >= 0.3 is 0 Å². The van der Waals surface area contributed by atoms with Crippen molar-refractivity contribution in [3.05, 3.63) is 0 Å². The summed E-state index contributed by atoms with van der Waals surface area (Å²) in [6.45, 7) is 2.32. The van der Waals surface area contributed by atoms with Gasteiger partial charge in [0.05, 0.1) is 6.61 Å². The number of rotatable bonds is 5. The molecule has 1 aliphatic rings. The zero-order valence-corrected chi connectivity index (χ0v) is 10.3. The van der Waals surface area contributed by atoms with Crippen LogP contribution in [0.15, 0.2) is 0 Å². The van der Waals surface area contributed by atoms with Gasteiger partial charge in [0.1, 0.15) is 0 Å². The molecule has 0 spiro atoms. The van der Waals surface area contributed by atoms with E-state index in [2.05, 4.69) is 24.3 Å². The summed E-state index contributed by atoms with van der Waals surface area (Å²) in [4.78, 5) is 2.18. The van der Waals surface area contributed by atoms with Crippen molar-refractivity contribution in [2.75, 3.05) is 33.8 Å². The van der Waals surface area contributed by atoms with Gasteiger partial charge in [-0.2, -0.15) is 0 Å². The lowest BCUT2D eigenvalue weighted by Crippen LogP contribution is -2.50. The van der Waals surface area contributed by atoms with Crippen molar-refractivity contribution in [2.24, 2.45) is 0 Å². The Balaban J connectivity index is 2.36. The van der Waals surface area contributed by atoms with Gasteiger partial charge in [0, 0.05) is 18.6 Å². The highest BCUT2D eigenvalue weighted by Crippen LogP contribution is 2.26. The quantitative estimate of drug-likeness (QED) is 0.676. The van der Waals surface area contributed by atoms with E-state index in [1.165, 1.54) is 25.7 Å². The molecule has 3 heteroatoms. The highest BCUT2D eigenvalue weighted by Gasteiger charge is 2.29. The summed E-state index contributed by atoms with van der Waals surface area (Å²) in [6, 6.07) is 0. The maximum atomic E-state index is 9.56. The van der Waals surface area contributed by atoms with Crippen LogP contribution in [0.3, 0.4) is 0 Å². The summed E-state index contributed by atoms with van der Waals surface area (Å²) in [7, 11) is 4.17. The molecule has 0 aromatic rings. The molecule has 0 radical (unpaired) electrons. The molecule has 0 saturated heterocycles. The lowest BCUT2D eigenvalue weighted by atomic mass is 9.91. The number of aliphatic hydroxyl groups is 1. The minimum atomic E-state index is 0.0203. The zero-order chi connectivity index (χ0) is 11.1. The van der Waals surface area contributed by atoms with Crippen molar-refractivity contribution >= 4 is 0 Å². The van der Waals surface area contributed by atoms with Gasteiger partial charge in [-0.1, -0.05) is 25.7 Å². The first-order valence-electron chi connectivity index (χ1n) is 6.19. The van der Waals surface area contributed by atoms with Gasteiger partial charge in [-0.3, -0.25) is 0 Å². The van der Waals surface area contributed by atoms with Gasteiger partial charge in [0.2, 0.25) is 0 Å². The van der Waals surface area contributed by atoms with E-state index in [1.807, 2.05) is 0 Å². The van der Waals surface area contributed by atoms with E-state index < -0.39 is 0 Å². The molecule has 0 amide bonds. The number of nitrogens with one attached hydrogen (secondary N) is 1. The number of nitrogens with zero attached hydrogens (tertiary/aromatic N) is 1. The number of likely N-dealkylation sites (N-methyl/N-ethyl adjacent to an activating group) is 1. The van der Waals surface area contributed by atoms with Gasteiger partial charge in [-0.05, 0) is 26.9 Å². The Labute approximate surface area is 93.9 Å². The van der Waals surface area contributed by atoms with E-state index in [-0.39, 0.29) is 5.54 Å². The first-order valence-corrected chi connectivity index (χ1v) is 6.19. The summed E-state index contributed by atoms with van der Waals surface area (Å²) in [5.41, 5.74) is 0.0203. The van der Waals surface area contributed by atoms with Gasteiger partial charge in [-0.15, -0.1) is 0 Å². The first kappa shape index (κ1) is 12.9. The van der Waals surface area contributed by atoms with Crippen LogP contribution >= 0.6 is 0 Å². The predicted octanol–water partition coefficient (Wildman–Crippen LogP) is 1.22. The molecule has 2 N–H and O–H groups in total. The topological polar surface area (TPSA) is 35.5 Å². The molecule has 3 nitrogen and oxygen atoms in total. The van der Waals surface area contributed by atoms with Crippen LogP contribution in [0.25, 0.3) is 0 Å². The van der Waals surface area contributed by atoms with Crippen LogP contribution < -0.4 is 5.32 Å². The number of aliphatic hydroxyl groups excluding tert-OH is 1. The monoisotopic (exact) mass is 214 g/mol. The minimum absolute atomic E-state index is 0.0203. The number of hydrogen-bond donors (Lipinski definition) is 2. The van der Waals surface area contributed by atoms with E-state index in [0.29, 0.717) is 6.61 Å². The Kier molecular flexibility index (Phi) is 5.58. The van der Waals surface area contributed by atoms with Crippen LogP contribution in [0, 0.1) is 0 Å². The predicted molar refractivity (Wildman–Crippen MR) is 64.1 cm³/mol. The molecule has 0 aromatic carbocycles. The molecule has 0 unspecified atom stereocenters. The van der Waals surface area contributed by atoms with Crippen molar-refractivity contribution in [1.29, 1.82) is 0 Å². The van der Waals surface area contributed by atoms with Crippen LogP contribution in [0.1, 0.15) is 38.5 Å². The van der Waals surface area contributed by atoms with E-state index >= 15 is 0 Å². The van der Waals surface area contributed by atoms with E-state index in [4.69, 9.17) is 0 Å². The molecular weight excluding hydrogens is 188 g/mol. The SMILES string of the molecule is CN(C)CCNC1(CO)CCCCCC1. The Hall–Kier alpha value is -0.120. The third-order valence-corrected chi connectivity index (χ3v) is 3.42. The maximum absolute atomic E-state index is 9.56. The lowest BCUT2D eigenvalue weighted by molar-refractivity contribution is 0.141. The Morgan fingerprint density at radius 3 is 2.20 bits per heavy atom. The van der Waals surface area contributed by atoms with Crippen molar-refractivity contribution in [3.63, 3.8) is 0 Å². The molecule has 0 aliphatic heterocycles. The van der Waals surface area contributed by atoms with Crippen LogP contribution in [0.2, 0.25) is 0 Å². The highest BCUT2D eigenvalue weighted by atomic mass is 16.3.